The van der Waals surface area contributed by atoms with Crippen molar-refractivity contribution in [3.63, 3.8) is 0 Å². The third kappa shape index (κ3) is 4.53. The standard InChI is InChI=1S/C20H13Cl3N2O5S2/c21-13-8-9-16(24-32(28,29)20-14(22)5-3-6-15(20)23)17(11-13)25-31(26,27)19-10-12-4-1-2-7-18(12)30-19/h1-11,24-25H. The number of nitrogens with one attached hydrogen (secondary N) is 2. The highest BCUT2D eigenvalue weighted by atomic mass is 35.5. The molecule has 12 heteroatoms. The third-order valence-corrected chi connectivity index (χ3v) is 8.10. The largest absolute Gasteiger partial charge is 0.443 e. The lowest BCUT2D eigenvalue weighted by atomic mass is 10.3. The van der Waals surface area contributed by atoms with Crippen LogP contribution in [0.5, 0.6) is 0 Å². The molecule has 1 heterocycles. The Morgan fingerprint density at radius 2 is 1.34 bits per heavy atom. The molecule has 3 aromatic carbocycles. The smallest absolute Gasteiger partial charge is 0.295 e. The number of hydrogen-bond acceptors (Lipinski definition) is 5. The number of furan rings is 1. The zero-order valence-electron chi connectivity index (χ0n) is 15.8. The van der Waals surface area contributed by atoms with Gasteiger partial charge in [0, 0.05) is 16.5 Å². The van der Waals surface area contributed by atoms with Gasteiger partial charge in [-0.15, -0.1) is 0 Å². The first-order valence-corrected chi connectivity index (χ1v) is 12.9. The molecule has 0 aliphatic heterocycles. The quantitative estimate of drug-likeness (QED) is 0.318. The summed E-state index contributed by atoms with van der Waals surface area (Å²) in [6.45, 7) is 0. The third-order valence-electron chi connectivity index (χ3n) is 4.33. The summed E-state index contributed by atoms with van der Waals surface area (Å²) < 4.78 is 61.7. The molecule has 1 aromatic heterocycles. The fourth-order valence-corrected chi connectivity index (χ4v) is 6.35. The summed E-state index contributed by atoms with van der Waals surface area (Å²) in [6.07, 6.45) is 0. The molecule has 32 heavy (non-hydrogen) atoms. The van der Waals surface area contributed by atoms with Crippen LogP contribution in [-0.2, 0) is 20.0 Å². The summed E-state index contributed by atoms with van der Waals surface area (Å²) in [5.41, 5.74) is 0.169. The van der Waals surface area contributed by atoms with Crippen molar-refractivity contribution in [3.05, 3.63) is 81.8 Å². The first-order chi connectivity index (χ1) is 15.1. The number of fused-ring (bicyclic) bond motifs is 1. The number of benzene rings is 3. The molecule has 0 aliphatic carbocycles. The minimum absolute atomic E-state index is 0.0925. The zero-order chi connectivity index (χ0) is 23.1. The predicted molar refractivity (Wildman–Crippen MR) is 126 cm³/mol. The van der Waals surface area contributed by atoms with Crippen LogP contribution in [0.4, 0.5) is 11.4 Å². The van der Waals surface area contributed by atoms with Crippen molar-refractivity contribution in [2.75, 3.05) is 9.44 Å². The van der Waals surface area contributed by atoms with Crippen molar-refractivity contribution in [2.24, 2.45) is 0 Å². The van der Waals surface area contributed by atoms with E-state index in [9.17, 15) is 16.8 Å². The summed E-state index contributed by atoms with van der Waals surface area (Å²) in [5.74, 6) is 0. The summed E-state index contributed by atoms with van der Waals surface area (Å²) in [6, 6.07) is 16.3. The van der Waals surface area contributed by atoms with E-state index >= 15 is 0 Å². The predicted octanol–water partition coefficient (Wildman–Crippen LogP) is 5.99. The second-order valence-corrected chi connectivity index (χ2v) is 11.0. The second kappa shape index (κ2) is 8.49. The lowest BCUT2D eigenvalue weighted by Crippen LogP contribution is -2.18. The Morgan fingerprint density at radius 3 is 2.03 bits per heavy atom. The van der Waals surface area contributed by atoms with Gasteiger partial charge >= 0.3 is 0 Å². The Hall–Kier alpha value is -2.43. The van der Waals surface area contributed by atoms with Gasteiger partial charge in [0.25, 0.3) is 20.0 Å². The molecular formula is C20H13Cl3N2O5S2. The summed E-state index contributed by atoms with van der Waals surface area (Å²) in [4.78, 5) is -0.343. The Bertz CT molecular complexity index is 1500. The van der Waals surface area contributed by atoms with E-state index in [4.69, 9.17) is 39.2 Å². The van der Waals surface area contributed by atoms with Gasteiger partial charge in [0.1, 0.15) is 10.5 Å². The molecule has 7 nitrogen and oxygen atoms in total. The molecule has 166 valence electrons. The number of sulfonamides is 2. The van der Waals surface area contributed by atoms with Gasteiger partial charge in [-0.1, -0.05) is 59.1 Å². The molecule has 0 aliphatic rings. The Labute approximate surface area is 199 Å². The molecule has 0 saturated heterocycles. The number of para-hydroxylation sites is 1. The van der Waals surface area contributed by atoms with Crippen molar-refractivity contribution < 1.29 is 21.3 Å². The SMILES string of the molecule is O=S(=O)(Nc1cc(Cl)ccc1NS(=O)(=O)c1c(Cl)cccc1Cl)c1cc2ccccc2o1. The molecule has 0 spiro atoms. The first kappa shape index (κ1) is 22.8. The van der Waals surface area contributed by atoms with E-state index in [0.29, 0.717) is 11.0 Å². The monoisotopic (exact) mass is 530 g/mol. The summed E-state index contributed by atoms with van der Waals surface area (Å²) in [5, 5.41) is 0.229. The highest BCUT2D eigenvalue weighted by Crippen LogP contribution is 2.34. The number of halogens is 3. The van der Waals surface area contributed by atoms with E-state index < -0.39 is 20.0 Å². The molecule has 0 fully saturated rings. The molecule has 4 aromatic rings. The molecule has 0 radical (unpaired) electrons. The number of rotatable bonds is 6. The Kier molecular flexibility index (Phi) is 6.04. The molecular weight excluding hydrogens is 519 g/mol. The van der Waals surface area contributed by atoms with Gasteiger partial charge < -0.3 is 4.42 Å². The topological polar surface area (TPSA) is 105 Å². The molecule has 4 rings (SSSR count). The van der Waals surface area contributed by atoms with Crippen LogP contribution in [-0.4, -0.2) is 16.8 Å². The fraction of sp³-hybridized carbons (Fsp3) is 0. The first-order valence-electron chi connectivity index (χ1n) is 8.85. The van der Waals surface area contributed by atoms with Crippen LogP contribution in [0, 0.1) is 0 Å². The zero-order valence-corrected chi connectivity index (χ0v) is 19.7. The van der Waals surface area contributed by atoms with Crippen LogP contribution < -0.4 is 9.44 Å². The average molecular weight is 532 g/mol. The Morgan fingerprint density at radius 1 is 0.688 bits per heavy atom. The molecule has 0 bridgehead atoms. The number of hydrogen-bond donors (Lipinski definition) is 2. The van der Waals surface area contributed by atoms with Gasteiger partial charge in [0.05, 0.1) is 21.4 Å². The van der Waals surface area contributed by atoms with Gasteiger partial charge in [0.15, 0.2) is 0 Å². The van der Waals surface area contributed by atoms with Crippen molar-refractivity contribution in [3.8, 4) is 0 Å². The normalized spacial score (nSPS) is 12.1. The molecule has 0 saturated carbocycles. The van der Waals surface area contributed by atoms with Crippen LogP contribution >= 0.6 is 34.8 Å². The van der Waals surface area contributed by atoms with Crippen molar-refractivity contribution >= 4 is 77.2 Å². The summed E-state index contributed by atoms with van der Waals surface area (Å²) >= 11 is 18.1. The molecule has 2 N–H and O–H groups in total. The van der Waals surface area contributed by atoms with Crippen LogP contribution in [0.3, 0.4) is 0 Å². The minimum Gasteiger partial charge on any atom is -0.443 e. The molecule has 0 amide bonds. The van der Waals surface area contributed by atoms with E-state index in [1.54, 1.807) is 24.3 Å². The average Bonchev–Trinajstić information content (AvgIpc) is 3.15. The highest BCUT2D eigenvalue weighted by molar-refractivity contribution is 7.93. The lowest BCUT2D eigenvalue weighted by molar-refractivity contribution is 0.484. The van der Waals surface area contributed by atoms with Gasteiger partial charge in [-0.2, -0.15) is 8.42 Å². The van der Waals surface area contributed by atoms with E-state index in [1.165, 1.54) is 42.5 Å². The Balaban J connectivity index is 1.73. The van der Waals surface area contributed by atoms with Crippen LogP contribution in [0.15, 0.2) is 81.1 Å². The van der Waals surface area contributed by atoms with E-state index in [-0.39, 0.29) is 36.4 Å². The maximum Gasteiger partial charge on any atom is 0.295 e. The van der Waals surface area contributed by atoms with Crippen molar-refractivity contribution in [2.45, 2.75) is 9.99 Å². The minimum atomic E-state index is -4.27. The highest BCUT2D eigenvalue weighted by Gasteiger charge is 2.25. The fourth-order valence-electron chi connectivity index (χ4n) is 2.91. The van der Waals surface area contributed by atoms with Crippen LogP contribution in [0.1, 0.15) is 0 Å². The van der Waals surface area contributed by atoms with E-state index in [2.05, 4.69) is 9.44 Å². The van der Waals surface area contributed by atoms with E-state index in [0.717, 1.165) is 0 Å². The van der Waals surface area contributed by atoms with E-state index in [1.807, 2.05) is 0 Å². The maximum atomic E-state index is 12.9. The maximum absolute atomic E-state index is 12.9. The van der Waals surface area contributed by atoms with Crippen LogP contribution in [0.25, 0.3) is 11.0 Å². The van der Waals surface area contributed by atoms with Crippen molar-refractivity contribution in [1.82, 2.24) is 0 Å². The van der Waals surface area contributed by atoms with Crippen molar-refractivity contribution in [1.29, 1.82) is 0 Å². The van der Waals surface area contributed by atoms with Gasteiger partial charge in [-0.3, -0.25) is 9.44 Å². The van der Waals surface area contributed by atoms with Gasteiger partial charge in [0.2, 0.25) is 5.09 Å². The number of anilines is 2. The van der Waals surface area contributed by atoms with Gasteiger partial charge in [-0.05, 0) is 36.4 Å². The molecule has 0 atom stereocenters. The molecule has 0 unspecified atom stereocenters. The lowest BCUT2D eigenvalue weighted by Gasteiger charge is -2.15. The summed E-state index contributed by atoms with van der Waals surface area (Å²) in [7, 11) is -8.48. The van der Waals surface area contributed by atoms with Gasteiger partial charge in [-0.25, -0.2) is 8.42 Å². The van der Waals surface area contributed by atoms with Crippen LogP contribution in [0.2, 0.25) is 15.1 Å². The second-order valence-electron chi connectivity index (χ2n) is 6.55.